The van der Waals surface area contributed by atoms with Crippen molar-refractivity contribution in [3.05, 3.63) is 29.2 Å². The van der Waals surface area contributed by atoms with Gasteiger partial charge in [0.15, 0.2) is 11.7 Å². The second-order valence-corrected chi connectivity index (χ2v) is 7.68. The van der Waals surface area contributed by atoms with Crippen molar-refractivity contribution in [3.63, 3.8) is 0 Å². The maximum Gasteiger partial charge on any atom is 0.191 e. The minimum atomic E-state index is 0. The minimum absolute atomic E-state index is 0. The summed E-state index contributed by atoms with van der Waals surface area (Å²) >= 11 is 0. The predicted molar refractivity (Wildman–Crippen MR) is 129 cm³/mol. The van der Waals surface area contributed by atoms with Gasteiger partial charge >= 0.3 is 0 Å². The Hall–Kier alpha value is -1.65. The summed E-state index contributed by atoms with van der Waals surface area (Å²) in [5, 5.41) is 19.7. The molecule has 0 saturated heterocycles. The number of aromatic nitrogens is 4. The molecule has 0 aromatic carbocycles. The van der Waals surface area contributed by atoms with Crippen LogP contribution in [0.5, 0.6) is 0 Å². The first kappa shape index (κ1) is 24.6. The van der Waals surface area contributed by atoms with Gasteiger partial charge < -0.3 is 19.7 Å². The molecule has 0 aliphatic carbocycles. The third-order valence-electron chi connectivity index (χ3n) is 5.69. The Bertz CT molecular complexity index is 782. The SMILES string of the molecule is CCC(CC)c1cc(CNC(=NC)NCCCc2nnc3n2CCCCC3)on1.I. The van der Waals surface area contributed by atoms with Crippen LogP contribution >= 0.6 is 24.0 Å². The maximum absolute atomic E-state index is 5.47. The van der Waals surface area contributed by atoms with E-state index in [0.717, 1.165) is 74.3 Å². The Morgan fingerprint density at radius 1 is 1.20 bits per heavy atom. The van der Waals surface area contributed by atoms with Crippen molar-refractivity contribution < 1.29 is 4.52 Å². The molecular weight excluding hydrogens is 493 g/mol. The van der Waals surface area contributed by atoms with E-state index < -0.39 is 0 Å². The van der Waals surface area contributed by atoms with Crippen molar-refractivity contribution in [1.82, 2.24) is 30.6 Å². The van der Waals surface area contributed by atoms with Gasteiger partial charge in [0.05, 0.1) is 12.2 Å². The van der Waals surface area contributed by atoms with Gasteiger partial charge in [0, 0.05) is 45.0 Å². The zero-order valence-corrected chi connectivity index (χ0v) is 20.8. The third-order valence-corrected chi connectivity index (χ3v) is 5.69. The first-order chi connectivity index (χ1) is 14.2. The summed E-state index contributed by atoms with van der Waals surface area (Å²) in [6.07, 6.45) is 8.87. The molecule has 0 radical (unpaired) electrons. The molecule has 2 N–H and O–H groups in total. The van der Waals surface area contributed by atoms with E-state index in [9.17, 15) is 0 Å². The van der Waals surface area contributed by atoms with Crippen molar-refractivity contribution >= 4 is 29.9 Å². The first-order valence-corrected chi connectivity index (χ1v) is 11.1. The highest BCUT2D eigenvalue weighted by Crippen LogP contribution is 2.22. The number of nitrogens with zero attached hydrogens (tertiary/aromatic N) is 5. The van der Waals surface area contributed by atoms with Crippen molar-refractivity contribution in [2.75, 3.05) is 13.6 Å². The Labute approximate surface area is 196 Å². The van der Waals surface area contributed by atoms with Crippen LogP contribution in [0, 0.1) is 0 Å². The molecule has 0 fully saturated rings. The van der Waals surface area contributed by atoms with Crippen molar-refractivity contribution in [2.45, 2.75) is 84.2 Å². The van der Waals surface area contributed by atoms with Crippen LogP contribution in [0.4, 0.5) is 0 Å². The number of guanidine groups is 1. The van der Waals surface area contributed by atoms with Crippen LogP contribution in [0.2, 0.25) is 0 Å². The molecule has 168 valence electrons. The molecule has 1 aliphatic rings. The fraction of sp³-hybridized carbons (Fsp3) is 0.714. The van der Waals surface area contributed by atoms with Gasteiger partial charge in [-0.15, -0.1) is 34.2 Å². The first-order valence-electron chi connectivity index (χ1n) is 11.1. The number of nitrogens with one attached hydrogen (secondary N) is 2. The quantitative estimate of drug-likeness (QED) is 0.222. The average molecular weight is 529 g/mol. The topological polar surface area (TPSA) is 93.2 Å². The van der Waals surface area contributed by atoms with Gasteiger partial charge in [-0.25, -0.2) is 0 Å². The van der Waals surface area contributed by atoms with E-state index in [1.807, 2.05) is 0 Å². The summed E-state index contributed by atoms with van der Waals surface area (Å²) in [6.45, 7) is 6.83. The molecule has 0 unspecified atom stereocenters. The van der Waals surface area contributed by atoms with Gasteiger partial charge in [-0.05, 0) is 32.1 Å². The molecule has 9 heteroatoms. The van der Waals surface area contributed by atoms with Crippen LogP contribution in [0.1, 0.15) is 81.4 Å². The van der Waals surface area contributed by atoms with Gasteiger partial charge in [-0.3, -0.25) is 4.99 Å². The van der Waals surface area contributed by atoms with Gasteiger partial charge in [0.1, 0.15) is 11.6 Å². The average Bonchev–Trinajstić information content (AvgIpc) is 3.29. The lowest BCUT2D eigenvalue weighted by Crippen LogP contribution is -2.37. The number of halogens is 1. The van der Waals surface area contributed by atoms with Crippen LogP contribution in [-0.4, -0.2) is 39.5 Å². The largest absolute Gasteiger partial charge is 0.359 e. The summed E-state index contributed by atoms with van der Waals surface area (Å²) in [4.78, 5) is 4.29. The Morgan fingerprint density at radius 2 is 2.03 bits per heavy atom. The van der Waals surface area contributed by atoms with Crippen LogP contribution < -0.4 is 10.6 Å². The number of rotatable bonds is 9. The second-order valence-electron chi connectivity index (χ2n) is 7.68. The Morgan fingerprint density at radius 3 is 2.80 bits per heavy atom. The van der Waals surface area contributed by atoms with Crippen LogP contribution in [0.25, 0.3) is 0 Å². The number of hydrogen-bond acceptors (Lipinski definition) is 5. The lowest BCUT2D eigenvalue weighted by Gasteiger charge is -2.11. The van der Waals surface area contributed by atoms with E-state index in [1.165, 1.54) is 19.3 Å². The normalized spacial score (nSPS) is 14.2. The molecule has 0 spiro atoms. The molecule has 2 aromatic rings. The van der Waals surface area contributed by atoms with Crippen molar-refractivity contribution in [3.8, 4) is 0 Å². The molecule has 2 aromatic heterocycles. The van der Waals surface area contributed by atoms with Crippen molar-refractivity contribution in [2.24, 2.45) is 4.99 Å². The van der Waals surface area contributed by atoms with Gasteiger partial charge in [-0.2, -0.15) is 0 Å². The van der Waals surface area contributed by atoms with Crippen molar-refractivity contribution in [1.29, 1.82) is 0 Å². The molecule has 1 aliphatic heterocycles. The van der Waals surface area contributed by atoms with E-state index in [4.69, 9.17) is 4.52 Å². The number of fused-ring (bicyclic) bond motifs is 1. The molecule has 3 heterocycles. The molecular formula is C21H36IN7O. The molecule has 3 rings (SSSR count). The standard InChI is InChI=1S/C21H35N7O.HI/c1-4-16(5-2)18-14-17(29-27-18)15-24-21(22-3)23-12-9-11-20-26-25-19-10-7-6-8-13-28(19)20;/h14,16H,4-13,15H2,1-3H3,(H2,22,23,24);1H. The fourth-order valence-corrected chi connectivity index (χ4v) is 3.89. The maximum atomic E-state index is 5.47. The summed E-state index contributed by atoms with van der Waals surface area (Å²) in [5.41, 5.74) is 1.04. The predicted octanol–water partition coefficient (Wildman–Crippen LogP) is 3.81. The Balaban J connectivity index is 0.00000320. The minimum Gasteiger partial charge on any atom is -0.359 e. The fourth-order valence-electron chi connectivity index (χ4n) is 3.89. The highest BCUT2D eigenvalue weighted by molar-refractivity contribution is 14.0. The zero-order valence-electron chi connectivity index (χ0n) is 18.5. The Kier molecular flexibility index (Phi) is 10.6. The summed E-state index contributed by atoms with van der Waals surface area (Å²) in [7, 11) is 1.78. The lowest BCUT2D eigenvalue weighted by molar-refractivity contribution is 0.368. The zero-order chi connectivity index (χ0) is 20.5. The van der Waals surface area contributed by atoms with E-state index in [2.05, 4.69) is 55.5 Å². The van der Waals surface area contributed by atoms with Gasteiger partial charge in [-0.1, -0.05) is 25.4 Å². The van der Waals surface area contributed by atoms with Gasteiger partial charge in [0.25, 0.3) is 0 Å². The molecule has 30 heavy (non-hydrogen) atoms. The second kappa shape index (κ2) is 12.9. The number of hydrogen-bond donors (Lipinski definition) is 2. The third kappa shape index (κ3) is 6.68. The molecule has 0 atom stereocenters. The van der Waals surface area contributed by atoms with Crippen LogP contribution in [0.3, 0.4) is 0 Å². The smallest absolute Gasteiger partial charge is 0.191 e. The van der Waals surface area contributed by atoms with E-state index >= 15 is 0 Å². The summed E-state index contributed by atoms with van der Waals surface area (Å²) in [6, 6.07) is 2.05. The number of aryl methyl sites for hydroxylation is 2. The lowest BCUT2D eigenvalue weighted by atomic mass is 9.99. The molecule has 0 bridgehead atoms. The molecule has 0 saturated carbocycles. The molecule has 8 nitrogen and oxygen atoms in total. The van der Waals surface area contributed by atoms with E-state index in [1.54, 1.807) is 7.05 Å². The summed E-state index contributed by atoms with van der Waals surface area (Å²) in [5.74, 6) is 4.34. The number of aliphatic imine (C=N–C) groups is 1. The van der Waals surface area contributed by atoms with Crippen LogP contribution in [-0.2, 0) is 25.9 Å². The highest BCUT2D eigenvalue weighted by atomic mass is 127. The van der Waals surface area contributed by atoms with Crippen LogP contribution in [0.15, 0.2) is 15.6 Å². The summed E-state index contributed by atoms with van der Waals surface area (Å²) < 4.78 is 7.79. The van der Waals surface area contributed by atoms with E-state index in [0.29, 0.717) is 12.5 Å². The highest BCUT2D eigenvalue weighted by Gasteiger charge is 2.15. The van der Waals surface area contributed by atoms with Gasteiger partial charge in [0.2, 0.25) is 0 Å². The monoisotopic (exact) mass is 529 g/mol. The molecule has 0 amide bonds. The van der Waals surface area contributed by atoms with E-state index in [-0.39, 0.29) is 24.0 Å².